The van der Waals surface area contributed by atoms with Gasteiger partial charge in [-0.05, 0) is 49.9 Å². The van der Waals surface area contributed by atoms with Crippen molar-refractivity contribution >= 4 is 5.91 Å². The van der Waals surface area contributed by atoms with Gasteiger partial charge in [-0.1, -0.05) is 19.9 Å². The van der Waals surface area contributed by atoms with Crippen molar-refractivity contribution < 1.29 is 9.53 Å². The Labute approximate surface area is 146 Å². The molecule has 2 rings (SSSR count). The Bertz CT molecular complexity index is 550. The topological polar surface area (TPSA) is 55.6 Å². The van der Waals surface area contributed by atoms with E-state index in [1.165, 1.54) is 11.1 Å². The van der Waals surface area contributed by atoms with E-state index < -0.39 is 0 Å². The highest BCUT2D eigenvalue weighted by atomic mass is 16.5. The van der Waals surface area contributed by atoms with E-state index in [-0.39, 0.29) is 17.4 Å². The predicted molar refractivity (Wildman–Crippen MR) is 98.2 cm³/mol. The van der Waals surface area contributed by atoms with Crippen LogP contribution in [0.3, 0.4) is 0 Å². The molecule has 4 heteroatoms. The molecular weight excluding hydrogens is 300 g/mol. The first-order chi connectivity index (χ1) is 11.5. The number of nitrogens with zero attached hydrogens (tertiary/aromatic N) is 1. The van der Waals surface area contributed by atoms with E-state index in [2.05, 4.69) is 39.8 Å². The van der Waals surface area contributed by atoms with Crippen LogP contribution in [0.15, 0.2) is 18.2 Å². The molecule has 1 aliphatic heterocycles. The lowest BCUT2D eigenvalue weighted by Gasteiger charge is -2.39. The lowest BCUT2D eigenvalue weighted by atomic mass is 9.80. The van der Waals surface area contributed by atoms with Crippen LogP contribution in [0.25, 0.3) is 0 Å². The second-order valence-corrected chi connectivity index (χ2v) is 7.05. The first kappa shape index (κ1) is 18.8. The fraction of sp³-hybridized carbons (Fsp3) is 0.650. The van der Waals surface area contributed by atoms with Gasteiger partial charge < -0.3 is 15.4 Å². The van der Waals surface area contributed by atoms with Crippen LogP contribution in [-0.4, -0.2) is 36.5 Å². The minimum absolute atomic E-state index is 0.187. The van der Waals surface area contributed by atoms with Gasteiger partial charge in [0.2, 0.25) is 5.91 Å². The summed E-state index contributed by atoms with van der Waals surface area (Å²) in [6, 6.07) is 6.23. The van der Waals surface area contributed by atoms with E-state index in [1.54, 1.807) is 0 Å². The molecule has 1 heterocycles. The summed E-state index contributed by atoms with van der Waals surface area (Å²) < 4.78 is 6.12. The van der Waals surface area contributed by atoms with Gasteiger partial charge in [-0.25, -0.2) is 0 Å². The van der Waals surface area contributed by atoms with E-state index in [1.807, 2.05) is 11.0 Å². The maximum absolute atomic E-state index is 12.9. The van der Waals surface area contributed by atoms with Gasteiger partial charge in [0.1, 0.15) is 11.9 Å². The number of nitrogens with two attached hydrogens (primary N) is 1. The first-order valence-electron chi connectivity index (χ1n) is 9.19. The zero-order chi connectivity index (χ0) is 17.7. The van der Waals surface area contributed by atoms with Crippen LogP contribution in [0.1, 0.15) is 50.7 Å². The van der Waals surface area contributed by atoms with Crippen LogP contribution >= 0.6 is 0 Å². The van der Waals surface area contributed by atoms with Gasteiger partial charge in [0, 0.05) is 32.5 Å². The average molecular weight is 332 g/mol. The monoisotopic (exact) mass is 332 g/mol. The Morgan fingerprint density at radius 1 is 1.21 bits per heavy atom. The van der Waals surface area contributed by atoms with Crippen LogP contribution in [-0.2, 0) is 4.79 Å². The molecule has 1 aliphatic rings. The summed E-state index contributed by atoms with van der Waals surface area (Å²) >= 11 is 0. The molecule has 0 unspecified atom stereocenters. The minimum Gasteiger partial charge on any atom is -0.490 e. The number of carbonyl (C=O) groups is 1. The summed E-state index contributed by atoms with van der Waals surface area (Å²) in [5, 5.41) is 0. The number of benzene rings is 1. The highest BCUT2D eigenvalue weighted by Crippen LogP contribution is 2.30. The Morgan fingerprint density at radius 2 is 1.83 bits per heavy atom. The standard InChI is InChI=1S/C20H32N2O2/c1-5-20(6-2,14-21)19(23)22-11-9-17(10-12-22)24-18-8-7-15(3)16(4)13-18/h7-8,13,17H,5-6,9-12,14,21H2,1-4H3. The maximum Gasteiger partial charge on any atom is 0.230 e. The molecule has 0 aliphatic carbocycles. The summed E-state index contributed by atoms with van der Waals surface area (Å²) in [7, 11) is 0. The first-order valence-corrected chi connectivity index (χ1v) is 9.19. The number of piperidine rings is 1. The largest absolute Gasteiger partial charge is 0.490 e. The summed E-state index contributed by atoms with van der Waals surface area (Å²) in [6.45, 7) is 10.3. The molecule has 0 radical (unpaired) electrons. The fourth-order valence-corrected chi connectivity index (χ4v) is 3.42. The van der Waals surface area contributed by atoms with Crippen molar-refractivity contribution in [3.05, 3.63) is 29.3 Å². The smallest absolute Gasteiger partial charge is 0.230 e. The zero-order valence-corrected chi connectivity index (χ0v) is 15.6. The summed E-state index contributed by atoms with van der Waals surface area (Å²) in [6.07, 6.45) is 3.56. The fourth-order valence-electron chi connectivity index (χ4n) is 3.42. The van der Waals surface area contributed by atoms with Crippen LogP contribution in [0, 0.1) is 19.3 Å². The van der Waals surface area contributed by atoms with Crippen molar-refractivity contribution in [1.82, 2.24) is 4.90 Å². The minimum atomic E-state index is -0.387. The maximum atomic E-state index is 12.9. The van der Waals surface area contributed by atoms with Crippen LogP contribution < -0.4 is 10.5 Å². The Morgan fingerprint density at radius 3 is 2.33 bits per heavy atom. The molecule has 1 amide bonds. The van der Waals surface area contributed by atoms with Crippen molar-refractivity contribution in [2.75, 3.05) is 19.6 Å². The molecular formula is C20H32N2O2. The van der Waals surface area contributed by atoms with E-state index in [9.17, 15) is 4.79 Å². The molecule has 0 saturated carbocycles. The Balaban J connectivity index is 1.93. The van der Waals surface area contributed by atoms with E-state index in [0.717, 1.165) is 44.5 Å². The number of ether oxygens (including phenoxy) is 1. The number of amides is 1. The summed E-state index contributed by atoms with van der Waals surface area (Å²) in [5.41, 5.74) is 8.06. The molecule has 1 fully saturated rings. The van der Waals surface area contributed by atoms with Crippen molar-refractivity contribution in [3.8, 4) is 5.75 Å². The van der Waals surface area contributed by atoms with Gasteiger partial charge in [0.05, 0.1) is 5.41 Å². The second kappa shape index (κ2) is 8.02. The highest BCUT2D eigenvalue weighted by molar-refractivity contribution is 5.83. The number of likely N-dealkylation sites (tertiary alicyclic amines) is 1. The van der Waals surface area contributed by atoms with Crippen molar-refractivity contribution in [2.24, 2.45) is 11.1 Å². The molecule has 1 aromatic rings. The predicted octanol–water partition coefficient (Wildman–Crippen LogP) is 3.44. The summed E-state index contributed by atoms with van der Waals surface area (Å²) in [4.78, 5) is 14.9. The molecule has 0 spiro atoms. The van der Waals surface area contributed by atoms with E-state index in [0.29, 0.717) is 6.54 Å². The lowest BCUT2D eigenvalue weighted by molar-refractivity contribution is -0.144. The third-order valence-electron chi connectivity index (χ3n) is 5.71. The van der Waals surface area contributed by atoms with Gasteiger partial charge in [-0.3, -0.25) is 4.79 Å². The van der Waals surface area contributed by atoms with Gasteiger partial charge in [-0.2, -0.15) is 0 Å². The van der Waals surface area contributed by atoms with E-state index in [4.69, 9.17) is 10.5 Å². The number of hydrogen-bond acceptors (Lipinski definition) is 3. The van der Waals surface area contributed by atoms with Gasteiger partial charge in [0.25, 0.3) is 0 Å². The third kappa shape index (κ3) is 3.92. The number of aryl methyl sites for hydroxylation is 2. The molecule has 134 valence electrons. The normalized spacial score (nSPS) is 16.3. The Hall–Kier alpha value is -1.55. The lowest BCUT2D eigenvalue weighted by Crippen LogP contribution is -2.51. The van der Waals surface area contributed by atoms with E-state index >= 15 is 0 Å². The molecule has 1 saturated heterocycles. The molecule has 1 aromatic carbocycles. The average Bonchev–Trinajstić information content (AvgIpc) is 2.61. The van der Waals surface area contributed by atoms with Crippen LogP contribution in [0.2, 0.25) is 0 Å². The van der Waals surface area contributed by atoms with Crippen molar-refractivity contribution in [3.63, 3.8) is 0 Å². The number of hydrogen-bond donors (Lipinski definition) is 1. The van der Waals surface area contributed by atoms with Crippen molar-refractivity contribution in [1.29, 1.82) is 0 Å². The third-order valence-corrected chi connectivity index (χ3v) is 5.71. The van der Waals surface area contributed by atoms with Gasteiger partial charge in [0.15, 0.2) is 0 Å². The van der Waals surface area contributed by atoms with Gasteiger partial charge >= 0.3 is 0 Å². The number of rotatable bonds is 6. The van der Waals surface area contributed by atoms with Crippen molar-refractivity contribution in [2.45, 2.75) is 59.5 Å². The second-order valence-electron chi connectivity index (χ2n) is 7.05. The number of carbonyl (C=O) groups excluding carboxylic acids is 1. The molecule has 24 heavy (non-hydrogen) atoms. The highest BCUT2D eigenvalue weighted by Gasteiger charge is 2.38. The zero-order valence-electron chi connectivity index (χ0n) is 15.6. The van der Waals surface area contributed by atoms with Crippen LogP contribution in [0.5, 0.6) is 5.75 Å². The molecule has 0 aromatic heterocycles. The van der Waals surface area contributed by atoms with Gasteiger partial charge in [-0.15, -0.1) is 0 Å². The molecule has 4 nitrogen and oxygen atoms in total. The molecule has 0 bridgehead atoms. The Kier molecular flexibility index (Phi) is 6.27. The molecule has 2 N–H and O–H groups in total. The van der Waals surface area contributed by atoms with Crippen LogP contribution in [0.4, 0.5) is 0 Å². The quantitative estimate of drug-likeness (QED) is 0.868. The molecule has 0 atom stereocenters. The SMILES string of the molecule is CCC(CC)(CN)C(=O)N1CCC(Oc2ccc(C)c(C)c2)CC1. The summed E-state index contributed by atoms with van der Waals surface area (Å²) in [5.74, 6) is 1.15.